The van der Waals surface area contributed by atoms with E-state index in [4.69, 9.17) is 0 Å². The minimum Gasteiger partial charge on any atom is -0.346 e. The normalized spacial score (nSPS) is 21.4. The van der Waals surface area contributed by atoms with Crippen molar-refractivity contribution in [1.29, 1.82) is 0 Å². The molecule has 1 amide bonds. The maximum atomic E-state index is 12.1. The van der Waals surface area contributed by atoms with Crippen molar-refractivity contribution in [2.24, 2.45) is 5.92 Å². The van der Waals surface area contributed by atoms with Crippen molar-refractivity contribution in [2.75, 3.05) is 13.1 Å². The van der Waals surface area contributed by atoms with E-state index < -0.39 is 0 Å². The number of carbonyl (C=O) groups excluding carboxylic acids is 1. The summed E-state index contributed by atoms with van der Waals surface area (Å²) in [5.74, 6) is 1.52. The highest BCUT2D eigenvalue weighted by Gasteiger charge is 2.23. The fraction of sp³-hybridized carbons (Fsp3) is 0.769. The second-order valence-electron chi connectivity index (χ2n) is 5.57. The third-order valence-corrected chi connectivity index (χ3v) is 3.65. The molecule has 1 saturated heterocycles. The molecule has 2 heterocycles. The largest absolute Gasteiger partial charge is 0.346 e. The zero-order chi connectivity index (χ0) is 13.8. The molecule has 19 heavy (non-hydrogen) atoms. The number of amides is 1. The topological polar surface area (TPSA) is 82.7 Å². The first-order chi connectivity index (χ1) is 9.08. The summed E-state index contributed by atoms with van der Waals surface area (Å²) < 4.78 is 0. The standard InChI is InChI=1S/C13H23N5O/c1-8(2)11-16-12(18-17-11)13(19)15-9(3)10-5-4-6-14-7-10/h8-10,14H,4-7H2,1-3H3,(H,15,19)(H,16,17,18). The molecule has 1 aromatic rings. The number of hydrogen-bond donors (Lipinski definition) is 3. The van der Waals surface area contributed by atoms with Crippen molar-refractivity contribution in [3.05, 3.63) is 11.6 Å². The van der Waals surface area contributed by atoms with Crippen LogP contribution >= 0.6 is 0 Å². The van der Waals surface area contributed by atoms with Gasteiger partial charge in [0.2, 0.25) is 5.82 Å². The van der Waals surface area contributed by atoms with Crippen LogP contribution in [-0.4, -0.2) is 40.2 Å². The summed E-state index contributed by atoms with van der Waals surface area (Å²) in [4.78, 5) is 16.3. The lowest BCUT2D eigenvalue weighted by Gasteiger charge is -2.28. The quantitative estimate of drug-likeness (QED) is 0.760. The molecule has 2 atom stereocenters. The number of piperidine rings is 1. The van der Waals surface area contributed by atoms with Crippen LogP contribution in [-0.2, 0) is 0 Å². The van der Waals surface area contributed by atoms with Gasteiger partial charge in [-0.05, 0) is 38.8 Å². The number of rotatable bonds is 4. The van der Waals surface area contributed by atoms with Gasteiger partial charge in [0.25, 0.3) is 5.91 Å². The molecule has 0 saturated carbocycles. The molecule has 106 valence electrons. The van der Waals surface area contributed by atoms with Gasteiger partial charge in [0, 0.05) is 12.0 Å². The predicted octanol–water partition coefficient (Wildman–Crippen LogP) is 1.05. The van der Waals surface area contributed by atoms with Crippen molar-refractivity contribution < 1.29 is 4.79 Å². The Hall–Kier alpha value is -1.43. The second kappa shape index (κ2) is 6.14. The number of hydrogen-bond acceptors (Lipinski definition) is 4. The minimum absolute atomic E-state index is 0.140. The van der Waals surface area contributed by atoms with Crippen molar-refractivity contribution in [3.63, 3.8) is 0 Å². The Labute approximate surface area is 113 Å². The molecular formula is C13H23N5O. The van der Waals surface area contributed by atoms with Crippen LogP contribution in [0.2, 0.25) is 0 Å². The molecule has 1 aliphatic rings. The zero-order valence-electron chi connectivity index (χ0n) is 11.9. The Morgan fingerprint density at radius 2 is 2.21 bits per heavy atom. The highest BCUT2D eigenvalue weighted by Crippen LogP contribution is 2.14. The number of aromatic amines is 1. The highest BCUT2D eigenvalue weighted by atomic mass is 16.2. The Kier molecular flexibility index (Phi) is 4.52. The van der Waals surface area contributed by atoms with Crippen LogP contribution in [0.25, 0.3) is 0 Å². The van der Waals surface area contributed by atoms with Gasteiger partial charge < -0.3 is 10.6 Å². The zero-order valence-corrected chi connectivity index (χ0v) is 11.9. The maximum Gasteiger partial charge on any atom is 0.291 e. The number of nitrogens with one attached hydrogen (secondary N) is 3. The van der Waals surface area contributed by atoms with E-state index in [1.54, 1.807) is 0 Å². The van der Waals surface area contributed by atoms with Gasteiger partial charge in [-0.3, -0.25) is 9.89 Å². The molecule has 0 spiro atoms. The lowest BCUT2D eigenvalue weighted by atomic mass is 9.93. The number of nitrogens with zero attached hydrogens (tertiary/aromatic N) is 2. The van der Waals surface area contributed by atoms with E-state index in [2.05, 4.69) is 25.8 Å². The molecule has 2 rings (SSSR count). The Bertz CT molecular complexity index is 422. The van der Waals surface area contributed by atoms with Gasteiger partial charge in [0.15, 0.2) is 0 Å². The summed E-state index contributed by atoms with van der Waals surface area (Å²) in [6.45, 7) is 8.12. The lowest BCUT2D eigenvalue weighted by molar-refractivity contribution is 0.0911. The average molecular weight is 265 g/mol. The molecule has 0 aliphatic carbocycles. The summed E-state index contributed by atoms with van der Waals surface area (Å²) >= 11 is 0. The van der Waals surface area contributed by atoms with E-state index in [1.165, 1.54) is 6.42 Å². The van der Waals surface area contributed by atoms with Crippen molar-refractivity contribution in [3.8, 4) is 0 Å². The Morgan fingerprint density at radius 1 is 1.42 bits per heavy atom. The van der Waals surface area contributed by atoms with Gasteiger partial charge in [-0.25, -0.2) is 4.98 Å². The molecule has 1 fully saturated rings. The summed E-state index contributed by atoms with van der Waals surface area (Å²) in [5.41, 5.74) is 0. The third-order valence-electron chi connectivity index (χ3n) is 3.65. The molecule has 6 heteroatoms. The Balaban J connectivity index is 1.91. The second-order valence-corrected chi connectivity index (χ2v) is 5.57. The highest BCUT2D eigenvalue weighted by molar-refractivity contribution is 5.90. The van der Waals surface area contributed by atoms with Crippen LogP contribution < -0.4 is 10.6 Å². The average Bonchev–Trinajstić information content (AvgIpc) is 2.89. The third kappa shape index (κ3) is 3.53. The van der Waals surface area contributed by atoms with Crippen LogP contribution in [0.5, 0.6) is 0 Å². The van der Waals surface area contributed by atoms with Gasteiger partial charge in [-0.1, -0.05) is 13.8 Å². The van der Waals surface area contributed by atoms with Crippen molar-refractivity contribution >= 4 is 5.91 Å². The van der Waals surface area contributed by atoms with Crippen molar-refractivity contribution in [2.45, 2.75) is 45.6 Å². The summed E-state index contributed by atoms with van der Waals surface area (Å²) in [6, 6.07) is 0.140. The molecular weight excluding hydrogens is 242 g/mol. The van der Waals surface area contributed by atoms with Crippen LogP contribution in [0.4, 0.5) is 0 Å². The van der Waals surface area contributed by atoms with Crippen LogP contribution in [0.15, 0.2) is 0 Å². The van der Waals surface area contributed by atoms with E-state index in [9.17, 15) is 4.79 Å². The van der Waals surface area contributed by atoms with E-state index in [0.29, 0.717) is 5.92 Å². The Morgan fingerprint density at radius 3 is 2.79 bits per heavy atom. The molecule has 6 nitrogen and oxygen atoms in total. The van der Waals surface area contributed by atoms with E-state index in [1.807, 2.05) is 20.8 Å². The number of carbonyl (C=O) groups is 1. The molecule has 1 aromatic heterocycles. The molecule has 0 radical (unpaired) electrons. The molecule has 1 aliphatic heterocycles. The lowest BCUT2D eigenvalue weighted by Crippen LogP contribution is -2.44. The molecule has 0 bridgehead atoms. The number of aromatic nitrogens is 3. The predicted molar refractivity (Wildman–Crippen MR) is 73.0 cm³/mol. The molecule has 0 aromatic carbocycles. The van der Waals surface area contributed by atoms with E-state index in [0.717, 1.165) is 25.3 Å². The van der Waals surface area contributed by atoms with E-state index in [-0.39, 0.29) is 23.7 Å². The summed E-state index contributed by atoms with van der Waals surface area (Å²) in [7, 11) is 0. The maximum absolute atomic E-state index is 12.1. The first-order valence-electron chi connectivity index (χ1n) is 7.01. The first-order valence-corrected chi connectivity index (χ1v) is 7.01. The van der Waals surface area contributed by atoms with Crippen LogP contribution in [0.3, 0.4) is 0 Å². The van der Waals surface area contributed by atoms with Gasteiger partial charge in [0.05, 0.1) is 0 Å². The first kappa shape index (κ1) is 14.0. The van der Waals surface area contributed by atoms with Gasteiger partial charge in [-0.15, -0.1) is 5.10 Å². The van der Waals surface area contributed by atoms with Crippen molar-refractivity contribution in [1.82, 2.24) is 25.8 Å². The number of H-pyrrole nitrogens is 1. The minimum atomic E-state index is -0.193. The fourth-order valence-electron chi connectivity index (χ4n) is 2.33. The smallest absolute Gasteiger partial charge is 0.291 e. The SMILES string of the molecule is CC(C)c1nc(C(=O)NC(C)C2CCCNC2)n[nH]1. The molecule has 3 N–H and O–H groups in total. The summed E-state index contributed by atoms with van der Waals surface area (Å²) in [5, 5.41) is 13.1. The van der Waals surface area contributed by atoms with Gasteiger partial charge >= 0.3 is 0 Å². The monoisotopic (exact) mass is 265 g/mol. The van der Waals surface area contributed by atoms with Crippen LogP contribution in [0.1, 0.15) is 56.0 Å². The fourth-order valence-corrected chi connectivity index (χ4v) is 2.33. The van der Waals surface area contributed by atoms with Gasteiger partial charge in [0.1, 0.15) is 5.82 Å². The van der Waals surface area contributed by atoms with E-state index >= 15 is 0 Å². The van der Waals surface area contributed by atoms with Gasteiger partial charge in [-0.2, -0.15) is 0 Å². The summed E-state index contributed by atoms with van der Waals surface area (Å²) in [6.07, 6.45) is 2.32. The molecule has 2 unspecified atom stereocenters. The van der Waals surface area contributed by atoms with Crippen LogP contribution in [0, 0.1) is 5.92 Å².